The third-order valence-electron chi connectivity index (χ3n) is 3.70. The Morgan fingerprint density at radius 2 is 1.88 bits per heavy atom. The second-order valence-corrected chi connectivity index (χ2v) is 5.61. The van der Waals surface area contributed by atoms with Crippen LogP contribution in [-0.2, 0) is 0 Å². The third kappa shape index (κ3) is 3.97. The van der Waals surface area contributed by atoms with Gasteiger partial charge in [-0.25, -0.2) is 4.39 Å². The molecule has 128 valence electrons. The van der Waals surface area contributed by atoms with Gasteiger partial charge in [-0.1, -0.05) is 24.6 Å². The first-order chi connectivity index (χ1) is 11.5. The predicted molar refractivity (Wildman–Crippen MR) is 91.5 cm³/mol. The van der Waals surface area contributed by atoms with Gasteiger partial charge in [-0.05, 0) is 42.3 Å². The standard InChI is InChI=1S/C18H19ClFNO3/c1-4-15(11-5-8-16(23-2)17(9-11)24-3)21-18(22)13-7-6-12(19)10-14(13)20/h5-10,15H,4H2,1-3H3,(H,21,22)/t15-/m1/s1. The van der Waals surface area contributed by atoms with Gasteiger partial charge in [-0.3, -0.25) is 4.79 Å². The lowest BCUT2D eigenvalue weighted by molar-refractivity contribution is 0.0931. The summed E-state index contributed by atoms with van der Waals surface area (Å²) in [4.78, 5) is 12.3. The predicted octanol–water partition coefficient (Wildman–Crippen LogP) is 4.38. The van der Waals surface area contributed by atoms with Crippen LogP contribution >= 0.6 is 11.6 Å². The van der Waals surface area contributed by atoms with Gasteiger partial charge in [0.1, 0.15) is 5.82 Å². The number of carbonyl (C=O) groups excluding carboxylic acids is 1. The molecule has 0 aliphatic rings. The summed E-state index contributed by atoms with van der Waals surface area (Å²) in [6.07, 6.45) is 0.635. The normalized spacial score (nSPS) is 11.7. The molecular formula is C18H19ClFNO3. The lowest BCUT2D eigenvalue weighted by Crippen LogP contribution is -2.28. The average molecular weight is 352 g/mol. The molecule has 0 fully saturated rings. The van der Waals surface area contributed by atoms with Crippen LogP contribution in [0.5, 0.6) is 11.5 Å². The van der Waals surface area contributed by atoms with Crippen LogP contribution in [-0.4, -0.2) is 20.1 Å². The maximum absolute atomic E-state index is 13.9. The van der Waals surface area contributed by atoms with Gasteiger partial charge < -0.3 is 14.8 Å². The van der Waals surface area contributed by atoms with Crippen molar-refractivity contribution in [3.8, 4) is 11.5 Å². The van der Waals surface area contributed by atoms with Crippen LogP contribution < -0.4 is 14.8 Å². The van der Waals surface area contributed by atoms with E-state index in [9.17, 15) is 9.18 Å². The SMILES string of the molecule is CC[C@@H](NC(=O)c1ccc(Cl)cc1F)c1ccc(OC)c(OC)c1. The number of hydrogen-bond acceptors (Lipinski definition) is 3. The van der Waals surface area contributed by atoms with Crippen molar-refractivity contribution in [1.82, 2.24) is 5.32 Å². The largest absolute Gasteiger partial charge is 0.493 e. The molecule has 0 saturated carbocycles. The van der Waals surface area contributed by atoms with E-state index in [0.29, 0.717) is 17.9 Å². The Morgan fingerprint density at radius 3 is 2.46 bits per heavy atom. The summed E-state index contributed by atoms with van der Waals surface area (Å²) in [6, 6.07) is 9.09. The van der Waals surface area contributed by atoms with Crippen molar-refractivity contribution in [2.45, 2.75) is 19.4 Å². The molecule has 0 saturated heterocycles. The highest BCUT2D eigenvalue weighted by Gasteiger charge is 2.18. The molecule has 0 aliphatic carbocycles. The van der Waals surface area contributed by atoms with E-state index in [2.05, 4.69) is 5.32 Å². The van der Waals surface area contributed by atoms with Crippen LogP contribution in [0.2, 0.25) is 5.02 Å². The van der Waals surface area contributed by atoms with Crippen molar-refractivity contribution in [3.63, 3.8) is 0 Å². The zero-order valence-electron chi connectivity index (χ0n) is 13.7. The van der Waals surface area contributed by atoms with Crippen LogP contribution in [0.1, 0.15) is 35.3 Å². The first-order valence-corrected chi connectivity index (χ1v) is 7.85. The van der Waals surface area contributed by atoms with Crippen LogP contribution in [0, 0.1) is 5.82 Å². The zero-order valence-corrected chi connectivity index (χ0v) is 14.5. The highest BCUT2D eigenvalue weighted by Crippen LogP contribution is 2.31. The summed E-state index contributed by atoms with van der Waals surface area (Å²) in [5, 5.41) is 3.08. The molecule has 1 N–H and O–H groups in total. The van der Waals surface area contributed by atoms with Crippen molar-refractivity contribution in [1.29, 1.82) is 0 Å². The van der Waals surface area contributed by atoms with E-state index in [1.54, 1.807) is 26.4 Å². The number of benzene rings is 2. The van der Waals surface area contributed by atoms with E-state index in [1.165, 1.54) is 12.1 Å². The van der Waals surface area contributed by atoms with Gasteiger partial charge in [-0.2, -0.15) is 0 Å². The Labute approximate surface area is 145 Å². The highest BCUT2D eigenvalue weighted by atomic mass is 35.5. The second kappa shape index (κ2) is 8.02. The minimum atomic E-state index is -0.651. The number of amides is 1. The van der Waals surface area contributed by atoms with E-state index in [4.69, 9.17) is 21.1 Å². The summed E-state index contributed by atoms with van der Waals surface area (Å²) in [6.45, 7) is 1.93. The molecule has 4 nitrogen and oxygen atoms in total. The molecule has 0 unspecified atom stereocenters. The van der Waals surface area contributed by atoms with Crippen molar-refractivity contribution >= 4 is 17.5 Å². The fourth-order valence-electron chi connectivity index (χ4n) is 2.40. The Balaban J connectivity index is 2.24. The Morgan fingerprint density at radius 1 is 1.17 bits per heavy atom. The smallest absolute Gasteiger partial charge is 0.254 e. The number of carbonyl (C=O) groups is 1. The molecule has 0 aliphatic heterocycles. The van der Waals surface area contributed by atoms with Gasteiger partial charge >= 0.3 is 0 Å². The number of nitrogens with one attached hydrogen (secondary N) is 1. The molecule has 6 heteroatoms. The molecule has 1 amide bonds. The third-order valence-corrected chi connectivity index (χ3v) is 3.93. The summed E-state index contributed by atoms with van der Waals surface area (Å²) in [5.74, 6) is 0.0273. The fraction of sp³-hybridized carbons (Fsp3) is 0.278. The first kappa shape index (κ1) is 18.1. The van der Waals surface area contributed by atoms with Crippen molar-refractivity contribution in [2.75, 3.05) is 14.2 Å². The maximum atomic E-state index is 13.9. The summed E-state index contributed by atoms with van der Waals surface area (Å²) >= 11 is 5.72. The number of ether oxygens (including phenoxy) is 2. The van der Waals surface area contributed by atoms with Gasteiger partial charge in [0.15, 0.2) is 11.5 Å². The van der Waals surface area contributed by atoms with E-state index in [-0.39, 0.29) is 16.6 Å². The monoisotopic (exact) mass is 351 g/mol. The zero-order chi connectivity index (χ0) is 17.7. The van der Waals surface area contributed by atoms with Crippen LogP contribution in [0.25, 0.3) is 0 Å². The van der Waals surface area contributed by atoms with Gasteiger partial charge in [0, 0.05) is 5.02 Å². The van der Waals surface area contributed by atoms with Gasteiger partial charge in [-0.15, -0.1) is 0 Å². The molecule has 2 aromatic rings. The number of methoxy groups -OCH3 is 2. The second-order valence-electron chi connectivity index (χ2n) is 5.17. The van der Waals surface area contributed by atoms with Crippen molar-refractivity contribution in [2.24, 2.45) is 0 Å². The average Bonchev–Trinajstić information content (AvgIpc) is 2.58. The molecule has 2 rings (SSSR count). The fourth-order valence-corrected chi connectivity index (χ4v) is 2.56. The van der Waals surface area contributed by atoms with Crippen molar-refractivity contribution in [3.05, 3.63) is 58.4 Å². The topological polar surface area (TPSA) is 47.6 Å². The summed E-state index contributed by atoms with van der Waals surface area (Å²) in [5.41, 5.74) is 0.802. The van der Waals surface area contributed by atoms with E-state index >= 15 is 0 Å². The Kier molecular flexibility index (Phi) is 6.04. The molecule has 1 atom stereocenters. The lowest BCUT2D eigenvalue weighted by atomic mass is 10.0. The van der Waals surface area contributed by atoms with Crippen LogP contribution in [0.3, 0.4) is 0 Å². The van der Waals surface area contributed by atoms with E-state index in [0.717, 1.165) is 11.6 Å². The molecular weight excluding hydrogens is 333 g/mol. The quantitative estimate of drug-likeness (QED) is 0.840. The summed E-state index contributed by atoms with van der Waals surface area (Å²) < 4.78 is 24.4. The molecule has 0 spiro atoms. The highest BCUT2D eigenvalue weighted by molar-refractivity contribution is 6.30. The Bertz CT molecular complexity index is 736. The molecule has 0 heterocycles. The molecule has 0 aromatic heterocycles. The Hall–Kier alpha value is -2.27. The molecule has 0 bridgehead atoms. The van der Waals surface area contributed by atoms with E-state index in [1.807, 2.05) is 13.0 Å². The minimum Gasteiger partial charge on any atom is -0.493 e. The first-order valence-electron chi connectivity index (χ1n) is 7.48. The number of halogens is 2. The minimum absolute atomic E-state index is 0.0432. The molecule has 2 aromatic carbocycles. The summed E-state index contributed by atoms with van der Waals surface area (Å²) in [7, 11) is 3.10. The number of hydrogen-bond donors (Lipinski definition) is 1. The van der Waals surface area contributed by atoms with Gasteiger partial charge in [0.2, 0.25) is 0 Å². The van der Waals surface area contributed by atoms with Gasteiger partial charge in [0.05, 0.1) is 25.8 Å². The van der Waals surface area contributed by atoms with Crippen LogP contribution in [0.15, 0.2) is 36.4 Å². The lowest BCUT2D eigenvalue weighted by Gasteiger charge is -2.19. The molecule has 24 heavy (non-hydrogen) atoms. The van der Waals surface area contributed by atoms with Gasteiger partial charge in [0.25, 0.3) is 5.91 Å². The maximum Gasteiger partial charge on any atom is 0.254 e. The van der Waals surface area contributed by atoms with E-state index < -0.39 is 11.7 Å². The molecule has 0 radical (unpaired) electrons. The number of rotatable bonds is 6. The van der Waals surface area contributed by atoms with Crippen LogP contribution in [0.4, 0.5) is 4.39 Å². The van der Waals surface area contributed by atoms with Crippen molar-refractivity contribution < 1.29 is 18.7 Å².